The van der Waals surface area contributed by atoms with Crippen LogP contribution in [0.2, 0.25) is 0 Å². The second-order valence-electron chi connectivity index (χ2n) is 3.82. The number of benzene rings is 1. The number of aryl methyl sites for hydroxylation is 1. The Kier molecular flexibility index (Phi) is 6.49. The number of amides is 1. The Balaban J connectivity index is 2.12. The minimum Gasteiger partial charge on any atom is -0.353 e. The molecule has 0 atom stereocenters. The molecule has 0 radical (unpaired) electrons. The Morgan fingerprint density at radius 1 is 1.18 bits per heavy atom. The van der Waals surface area contributed by atoms with Gasteiger partial charge in [0.15, 0.2) is 0 Å². The fourth-order valence-electron chi connectivity index (χ4n) is 1.42. The Bertz CT molecular complexity index is 379. The zero-order valence-corrected chi connectivity index (χ0v) is 10.2. The highest BCUT2D eigenvalue weighted by Crippen LogP contribution is 2.02. The van der Waals surface area contributed by atoms with Crippen molar-refractivity contribution >= 4 is 5.91 Å². The van der Waals surface area contributed by atoms with E-state index in [1.165, 1.54) is 12.5 Å². The van der Waals surface area contributed by atoms with E-state index in [0.29, 0.717) is 6.54 Å². The van der Waals surface area contributed by atoms with E-state index in [2.05, 4.69) is 35.7 Å². The predicted octanol–water partition coefficient (Wildman–Crippen LogP) is 2.87. The van der Waals surface area contributed by atoms with E-state index in [1.807, 2.05) is 24.3 Å². The van der Waals surface area contributed by atoms with Gasteiger partial charge in [0.25, 0.3) is 0 Å². The first-order chi connectivity index (χ1) is 8.29. The predicted molar refractivity (Wildman–Crippen MR) is 71.7 cm³/mol. The molecule has 0 heterocycles. The third-order valence-electron chi connectivity index (χ3n) is 2.29. The molecule has 2 heteroatoms. The molecule has 2 nitrogen and oxygen atoms in total. The molecule has 0 unspecified atom stereocenters. The molecule has 0 aliphatic carbocycles. The second kappa shape index (κ2) is 8.34. The van der Waals surface area contributed by atoms with Crippen LogP contribution in [0.25, 0.3) is 0 Å². The van der Waals surface area contributed by atoms with Crippen molar-refractivity contribution in [2.24, 2.45) is 0 Å². The van der Waals surface area contributed by atoms with Gasteiger partial charge in [-0.25, -0.2) is 0 Å². The minimum absolute atomic E-state index is 0.00251. The first kappa shape index (κ1) is 13.2. The Labute approximate surface area is 103 Å². The molecule has 0 saturated carbocycles. The van der Waals surface area contributed by atoms with E-state index in [9.17, 15) is 4.79 Å². The van der Waals surface area contributed by atoms with Gasteiger partial charge < -0.3 is 5.32 Å². The average molecular weight is 229 g/mol. The van der Waals surface area contributed by atoms with Gasteiger partial charge in [-0.1, -0.05) is 54.6 Å². The molecule has 1 amide bonds. The van der Waals surface area contributed by atoms with Gasteiger partial charge in [0.1, 0.15) is 0 Å². The third kappa shape index (κ3) is 7.12. The van der Waals surface area contributed by atoms with E-state index in [4.69, 9.17) is 0 Å². The molecule has 1 aromatic rings. The number of hydrogen-bond donors (Lipinski definition) is 1. The Morgan fingerprint density at radius 3 is 2.59 bits per heavy atom. The summed E-state index contributed by atoms with van der Waals surface area (Å²) in [5.41, 5.74) is 1.36. The summed E-state index contributed by atoms with van der Waals surface area (Å²) in [6.45, 7) is 2.11. The fraction of sp³-hybridized carbons (Fsp3) is 0.267. The van der Waals surface area contributed by atoms with Gasteiger partial charge in [-0.15, -0.1) is 0 Å². The van der Waals surface area contributed by atoms with Gasteiger partial charge in [-0.3, -0.25) is 4.79 Å². The van der Waals surface area contributed by atoms with Crippen LogP contribution >= 0.6 is 0 Å². The van der Waals surface area contributed by atoms with Gasteiger partial charge in [0.05, 0.1) is 0 Å². The molecule has 1 rings (SSSR count). The van der Waals surface area contributed by atoms with Crippen LogP contribution in [-0.4, -0.2) is 12.5 Å². The molecule has 0 saturated heterocycles. The first-order valence-corrected chi connectivity index (χ1v) is 5.89. The van der Waals surface area contributed by atoms with Crippen LogP contribution in [0.5, 0.6) is 0 Å². The highest BCUT2D eigenvalue weighted by molar-refractivity contribution is 5.72. The molecule has 0 aromatic heterocycles. The maximum atomic E-state index is 10.6. The lowest BCUT2D eigenvalue weighted by atomic mass is 10.1. The van der Waals surface area contributed by atoms with Crippen molar-refractivity contribution in [1.82, 2.24) is 5.32 Å². The molecule has 1 N–H and O–H groups in total. The summed E-state index contributed by atoms with van der Waals surface area (Å²) in [6, 6.07) is 10.4. The van der Waals surface area contributed by atoms with E-state index in [0.717, 1.165) is 12.8 Å². The van der Waals surface area contributed by atoms with Crippen LogP contribution in [0.3, 0.4) is 0 Å². The van der Waals surface area contributed by atoms with Crippen LogP contribution in [0.1, 0.15) is 18.9 Å². The molecule has 0 aliphatic rings. The molecule has 1 aromatic carbocycles. The lowest BCUT2D eigenvalue weighted by molar-refractivity contribution is -0.118. The fourth-order valence-corrected chi connectivity index (χ4v) is 1.42. The molecule has 0 aliphatic heterocycles. The second-order valence-corrected chi connectivity index (χ2v) is 3.82. The summed E-state index contributed by atoms with van der Waals surface area (Å²) in [7, 11) is 0. The molecule has 90 valence electrons. The van der Waals surface area contributed by atoms with E-state index in [1.54, 1.807) is 0 Å². The van der Waals surface area contributed by atoms with Crippen LogP contribution in [0, 0.1) is 0 Å². The average Bonchev–Trinajstić information content (AvgIpc) is 2.33. The third-order valence-corrected chi connectivity index (χ3v) is 2.29. The maximum Gasteiger partial charge on any atom is 0.217 e. The van der Waals surface area contributed by atoms with Gasteiger partial charge in [0.2, 0.25) is 5.91 Å². The zero-order chi connectivity index (χ0) is 12.3. The minimum atomic E-state index is 0.00251. The largest absolute Gasteiger partial charge is 0.353 e. The van der Waals surface area contributed by atoms with Gasteiger partial charge in [-0.2, -0.15) is 0 Å². The van der Waals surface area contributed by atoms with Crippen molar-refractivity contribution in [3.8, 4) is 0 Å². The summed E-state index contributed by atoms with van der Waals surface area (Å²) >= 11 is 0. The summed E-state index contributed by atoms with van der Waals surface area (Å²) in [6.07, 6.45) is 10.1. The zero-order valence-electron chi connectivity index (χ0n) is 10.2. The molecule has 0 spiro atoms. The maximum absolute atomic E-state index is 10.6. The summed E-state index contributed by atoms with van der Waals surface area (Å²) < 4.78 is 0. The van der Waals surface area contributed by atoms with Crippen molar-refractivity contribution in [3.05, 3.63) is 60.2 Å². The van der Waals surface area contributed by atoms with Crippen molar-refractivity contribution in [2.45, 2.75) is 19.8 Å². The molecule has 17 heavy (non-hydrogen) atoms. The molecule has 0 bridgehead atoms. The topological polar surface area (TPSA) is 29.1 Å². The standard InChI is InChI=1S/C15H19NO/c1-14(17)16-13-9-4-2-3-6-10-15-11-7-5-8-12-15/h2-5,7-9,11-12H,6,10,13H2,1H3,(H,16,17). The molecule has 0 fully saturated rings. The van der Waals surface area contributed by atoms with Crippen LogP contribution in [-0.2, 0) is 11.2 Å². The Morgan fingerprint density at radius 2 is 1.88 bits per heavy atom. The van der Waals surface area contributed by atoms with Crippen LogP contribution < -0.4 is 5.32 Å². The number of hydrogen-bond acceptors (Lipinski definition) is 1. The number of allylic oxidation sites excluding steroid dienone is 3. The lowest BCUT2D eigenvalue weighted by Gasteiger charge is -1.95. The Hall–Kier alpha value is -1.83. The van der Waals surface area contributed by atoms with Crippen molar-refractivity contribution < 1.29 is 4.79 Å². The van der Waals surface area contributed by atoms with Gasteiger partial charge in [0, 0.05) is 13.5 Å². The highest BCUT2D eigenvalue weighted by atomic mass is 16.1. The quantitative estimate of drug-likeness (QED) is 0.747. The number of rotatable bonds is 6. The van der Waals surface area contributed by atoms with E-state index < -0.39 is 0 Å². The smallest absolute Gasteiger partial charge is 0.217 e. The first-order valence-electron chi connectivity index (χ1n) is 5.89. The van der Waals surface area contributed by atoms with Gasteiger partial charge >= 0.3 is 0 Å². The van der Waals surface area contributed by atoms with Crippen molar-refractivity contribution in [2.75, 3.05) is 6.54 Å². The molecular formula is C15H19NO. The summed E-state index contributed by atoms with van der Waals surface area (Å²) in [5, 5.41) is 2.70. The number of nitrogens with one attached hydrogen (secondary N) is 1. The van der Waals surface area contributed by atoms with Gasteiger partial charge in [-0.05, 0) is 18.4 Å². The SMILES string of the molecule is CC(=O)NCC=CC=CCCc1ccccc1. The molecular weight excluding hydrogens is 210 g/mol. The van der Waals surface area contributed by atoms with E-state index in [-0.39, 0.29) is 5.91 Å². The summed E-state index contributed by atoms with van der Waals surface area (Å²) in [5.74, 6) is 0.00251. The van der Waals surface area contributed by atoms with Crippen LogP contribution in [0.15, 0.2) is 54.6 Å². The van der Waals surface area contributed by atoms with Crippen LogP contribution in [0.4, 0.5) is 0 Å². The van der Waals surface area contributed by atoms with E-state index >= 15 is 0 Å². The summed E-state index contributed by atoms with van der Waals surface area (Å²) in [4.78, 5) is 10.6. The normalized spacial score (nSPS) is 11.1. The lowest BCUT2D eigenvalue weighted by Crippen LogP contribution is -2.19. The van der Waals surface area contributed by atoms with Crippen molar-refractivity contribution in [3.63, 3.8) is 0 Å². The monoisotopic (exact) mass is 229 g/mol. The number of carbonyl (C=O) groups excluding carboxylic acids is 1. The number of carbonyl (C=O) groups is 1. The van der Waals surface area contributed by atoms with Crippen molar-refractivity contribution in [1.29, 1.82) is 0 Å². The highest BCUT2D eigenvalue weighted by Gasteiger charge is 1.87.